The number of nitrogens with zero attached hydrogens (tertiary/aromatic N) is 1. The molecule has 1 aromatic heterocycles. The van der Waals surface area contributed by atoms with Gasteiger partial charge in [0.2, 0.25) is 0 Å². The lowest BCUT2D eigenvalue weighted by atomic mass is 10.2. The Kier molecular flexibility index (Phi) is 4.14. The molecule has 5 heteroatoms. The van der Waals surface area contributed by atoms with E-state index in [4.69, 9.17) is 0 Å². The molecule has 0 aliphatic rings. The first kappa shape index (κ1) is 13.2. The molecule has 0 saturated carbocycles. The summed E-state index contributed by atoms with van der Waals surface area (Å²) in [6.07, 6.45) is 1.82. The molecule has 18 heavy (non-hydrogen) atoms. The van der Waals surface area contributed by atoms with Crippen LogP contribution in [0.4, 0.5) is 0 Å². The van der Waals surface area contributed by atoms with E-state index in [-0.39, 0.29) is 11.9 Å². The first-order chi connectivity index (χ1) is 8.56. The summed E-state index contributed by atoms with van der Waals surface area (Å²) in [7, 11) is 0. The van der Waals surface area contributed by atoms with E-state index in [1.54, 1.807) is 23.5 Å². The molecular weight excluding hydrogens is 312 g/mol. The van der Waals surface area contributed by atoms with Crippen LogP contribution in [0.3, 0.4) is 0 Å². The van der Waals surface area contributed by atoms with Crippen LogP contribution in [0.1, 0.15) is 33.2 Å². The van der Waals surface area contributed by atoms with E-state index in [9.17, 15) is 4.79 Å². The zero-order chi connectivity index (χ0) is 13.1. The third-order valence-corrected chi connectivity index (χ3v) is 4.09. The van der Waals surface area contributed by atoms with E-state index >= 15 is 0 Å². The monoisotopic (exact) mass is 324 g/mol. The first-order valence-electron chi connectivity index (χ1n) is 5.55. The van der Waals surface area contributed by atoms with Crippen LogP contribution in [0.2, 0.25) is 0 Å². The number of nitrogens with one attached hydrogen (secondary N) is 1. The molecule has 2 aromatic rings. The van der Waals surface area contributed by atoms with Crippen LogP contribution < -0.4 is 5.32 Å². The van der Waals surface area contributed by atoms with E-state index in [0.29, 0.717) is 5.56 Å². The maximum absolute atomic E-state index is 12.0. The molecule has 1 heterocycles. The van der Waals surface area contributed by atoms with Crippen molar-refractivity contribution in [2.24, 2.45) is 0 Å². The van der Waals surface area contributed by atoms with Gasteiger partial charge in [-0.3, -0.25) is 4.79 Å². The van der Waals surface area contributed by atoms with E-state index in [1.165, 1.54) is 0 Å². The van der Waals surface area contributed by atoms with Crippen LogP contribution in [0, 0.1) is 6.92 Å². The van der Waals surface area contributed by atoms with Crippen molar-refractivity contribution in [3.63, 3.8) is 0 Å². The quantitative estimate of drug-likeness (QED) is 0.935. The second-order valence-corrected chi connectivity index (χ2v) is 6.19. The number of benzene rings is 1. The summed E-state index contributed by atoms with van der Waals surface area (Å²) in [4.78, 5) is 17.4. The van der Waals surface area contributed by atoms with E-state index in [2.05, 4.69) is 26.2 Å². The van der Waals surface area contributed by atoms with Gasteiger partial charge in [0.1, 0.15) is 5.01 Å². The average molecular weight is 325 g/mol. The minimum Gasteiger partial charge on any atom is -0.343 e. The van der Waals surface area contributed by atoms with Crippen molar-refractivity contribution >= 4 is 33.2 Å². The number of carbonyl (C=O) groups is 1. The van der Waals surface area contributed by atoms with Crippen molar-refractivity contribution in [1.82, 2.24) is 10.3 Å². The Morgan fingerprint density at radius 1 is 1.39 bits per heavy atom. The highest BCUT2D eigenvalue weighted by Crippen LogP contribution is 2.19. The van der Waals surface area contributed by atoms with Gasteiger partial charge in [0.15, 0.2) is 0 Å². The molecule has 0 saturated heterocycles. The minimum atomic E-state index is -0.0807. The van der Waals surface area contributed by atoms with Gasteiger partial charge in [-0.1, -0.05) is 15.9 Å². The molecule has 0 fully saturated rings. The molecule has 2 rings (SSSR count). The fourth-order valence-corrected chi connectivity index (χ4v) is 2.56. The summed E-state index contributed by atoms with van der Waals surface area (Å²) in [6, 6.07) is 7.22. The molecule has 0 aliphatic carbocycles. The number of carbonyl (C=O) groups excluding carboxylic acids is 1. The molecule has 0 aliphatic heterocycles. The van der Waals surface area contributed by atoms with Crippen LogP contribution in [-0.4, -0.2) is 10.9 Å². The summed E-state index contributed by atoms with van der Waals surface area (Å²) < 4.78 is 0.961. The number of thiazole rings is 1. The van der Waals surface area contributed by atoms with Crippen molar-refractivity contribution in [3.05, 3.63) is 50.4 Å². The molecule has 0 radical (unpaired) electrons. The second kappa shape index (κ2) is 5.63. The van der Waals surface area contributed by atoms with Crippen LogP contribution in [-0.2, 0) is 0 Å². The molecule has 1 unspecified atom stereocenters. The van der Waals surface area contributed by atoms with Crippen LogP contribution in [0.15, 0.2) is 34.9 Å². The standard InChI is InChI=1S/C13H13BrN2OS/c1-8-7-15-13(18-8)9(2)16-12(17)10-3-5-11(14)6-4-10/h3-7,9H,1-2H3,(H,16,17). The number of hydrogen-bond acceptors (Lipinski definition) is 3. The van der Waals surface area contributed by atoms with E-state index < -0.39 is 0 Å². The predicted octanol–water partition coefficient (Wildman–Crippen LogP) is 3.71. The van der Waals surface area contributed by atoms with E-state index in [0.717, 1.165) is 14.4 Å². The Hall–Kier alpha value is -1.20. The molecule has 1 amide bonds. The Labute approximate surface area is 118 Å². The van der Waals surface area contributed by atoms with Gasteiger partial charge in [-0.15, -0.1) is 11.3 Å². The zero-order valence-corrected chi connectivity index (χ0v) is 12.5. The largest absolute Gasteiger partial charge is 0.343 e. The van der Waals surface area contributed by atoms with Gasteiger partial charge in [-0.05, 0) is 38.1 Å². The minimum absolute atomic E-state index is 0.0696. The number of hydrogen-bond donors (Lipinski definition) is 1. The maximum Gasteiger partial charge on any atom is 0.251 e. The zero-order valence-electron chi connectivity index (χ0n) is 10.1. The summed E-state index contributed by atoms with van der Waals surface area (Å²) in [6.45, 7) is 3.94. The topological polar surface area (TPSA) is 42.0 Å². The number of rotatable bonds is 3. The summed E-state index contributed by atoms with van der Waals surface area (Å²) in [5.41, 5.74) is 0.651. The van der Waals surface area contributed by atoms with Gasteiger partial charge in [0, 0.05) is 21.1 Å². The predicted molar refractivity (Wildman–Crippen MR) is 76.9 cm³/mol. The number of aryl methyl sites for hydroxylation is 1. The third kappa shape index (κ3) is 3.17. The van der Waals surface area contributed by atoms with Crippen LogP contribution >= 0.6 is 27.3 Å². The number of aromatic nitrogens is 1. The third-order valence-electron chi connectivity index (χ3n) is 2.46. The molecule has 0 spiro atoms. The highest BCUT2D eigenvalue weighted by Gasteiger charge is 2.13. The van der Waals surface area contributed by atoms with Crippen LogP contribution in [0.25, 0.3) is 0 Å². The van der Waals surface area contributed by atoms with Crippen molar-refractivity contribution < 1.29 is 4.79 Å². The summed E-state index contributed by atoms with van der Waals surface area (Å²) in [5, 5.41) is 3.87. The fourth-order valence-electron chi connectivity index (χ4n) is 1.52. The molecular formula is C13H13BrN2OS. The van der Waals surface area contributed by atoms with Crippen molar-refractivity contribution in [2.75, 3.05) is 0 Å². The van der Waals surface area contributed by atoms with Gasteiger partial charge < -0.3 is 5.32 Å². The maximum atomic E-state index is 12.0. The summed E-state index contributed by atoms with van der Waals surface area (Å²) >= 11 is 4.95. The first-order valence-corrected chi connectivity index (χ1v) is 7.16. The number of amides is 1. The Balaban J connectivity index is 2.05. The van der Waals surface area contributed by atoms with Crippen molar-refractivity contribution in [3.8, 4) is 0 Å². The second-order valence-electron chi connectivity index (χ2n) is 4.01. The Bertz CT molecular complexity index is 550. The molecule has 0 bridgehead atoms. The Morgan fingerprint density at radius 3 is 2.61 bits per heavy atom. The normalized spacial score (nSPS) is 12.2. The van der Waals surface area contributed by atoms with Gasteiger partial charge >= 0.3 is 0 Å². The number of halogens is 1. The van der Waals surface area contributed by atoms with Gasteiger partial charge in [0.05, 0.1) is 6.04 Å². The van der Waals surface area contributed by atoms with Crippen molar-refractivity contribution in [1.29, 1.82) is 0 Å². The average Bonchev–Trinajstić information content (AvgIpc) is 2.76. The van der Waals surface area contributed by atoms with Crippen molar-refractivity contribution in [2.45, 2.75) is 19.9 Å². The lowest BCUT2D eigenvalue weighted by molar-refractivity contribution is 0.0940. The summed E-state index contributed by atoms with van der Waals surface area (Å²) in [5.74, 6) is -0.0807. The molecule has 1 atom stereocenters. The van der Waals surface area contributed by atoms with E-state index in [1.807, 2.05) is 32.2 Å². The SMILES string of the molecule is Cc1cnc(C(C)NC(=O)c2ccc(Br)cc2)s1. The van der Waals surface area contributed by atoms with Gasteiger partial charge in [-0.2, -0.15) is 0 Å². The molecule has 3 nitrogen and oxygen atoms in total. The highest BCUT2D eigenvalue weighted by molar-refractivity contribution is 9.10. The fraction of sp³-hybridized carbons (Fsp3) is 0.231. The Morgan fingerprint density at radius 2 is 2.06 bits per heavy atom. The van der Waals surface area contributed by atoms with Gasteiger partial charge in [-0.25, -0.2) is 4.98 Å². The highest BCUT2D eigenvalue weighted by atomic mass is 79.9. The smallest absolute Gasteiger partial charge is 0.251 e. The molecule has 1 N–H and O–H groups in total. The lowest BCUT2D eigenvalue weighted by Crippen LogP contribution is -2.26. The molecule has 1 aromatic carbocycles. The molecule has 94 valence electrons. The lowest BCUT2D eigenvalue weighted by Gasteiger charge is -2.11. The van der Waals surface area contributed by atoms with Crippen LogP contribution in [0.5, 0.6) is 0 Å². The van der Waals surface area contributed by atoms with Gasteiger partial charge in [0.25, 0.3) is 5.91 Å².